The molecule has 0 atom stereocenters. The third kappa shape index (κ3) is 1.12. The van der Waals surface area contributed by atoms with Crippen LogP contribution in [0.2, 0.25) is 0 Å². The number of hydrogen-bond acceptors (Lipinski definition) is 0. The molecule has 1 radical (unpaired) electrons. The number of rotatable bonds is 2. The third-order valence-corrected chi connectivity index (χ3v) is 1.68. The van der Waals surface area contributed by atoms with E-state index in [2.05, 4.69) is 19.9 Å². The molecule has 0 heteroatoms. The Hall–Kier alpha value is -0.260. The Morgan fingerprint density at radius 2 is 2.25 bits per heavy atom. The van der Waals surface area contributed by atoms with Crippen LogP contribution in [0.5, 0.6) is 0 Å². The fraction of sp³-hybridized carbons (Fsp3) is 0.625. The monoisotopic (exact) mass is 109 g/mol. The molecule has 0 unspecified atom stereocenters. The molecule has 0 aliphatic heterocycles. The zero-order valence-corrected chi connectivity index (χ0v) is 5.70. The molecule has 0 spiro atoms. The first-order chi connectivity index (χ1) is 3.88. The standard InChI is InChI=1S/C8H13/c1-3-7(4-2)8-5-6-8/h3H,4-6H2,1-2H3/b7-3-. The van der Waals surface area contributed by atoms with Gasteiger partial charge in [-0.25, -0.2) is 0 Å². The highest BCUT2D eigenvalue weighted by atomic mass is 14.3. The van der Waals surface area contributed by atoms with Crippen LogP contribution >= 0.6 is 0 Å². The molecule has 0 aromatic carbocycles. The minimum absolute atomic E-state index is 1.23. The summed E-state index contributed by atoms with van der Waals surface area (Å²) in [6.45, 7) is 4.35. The predicted molar refractivity (Wildman–Crippen MR) is 36.5 cm³/mol. The van der Waals surface area contributed by atoms with Crippen LogP contribution in [0, 0.1) is 5.92 Å². The van der Waals surface area contributed by atoms with E-state index in [0.717, 1.165) is 0 Å². The maximum absolute atomic E-state index is 2.24. The van der Waals surface area contributed by atoms with Crippen molar-refractivity contribution in [2.45, 2.75) is 33.1 Å². The Balaban J connectivity index is 2.37. The lowest BCUT2D eigenvalue weighted by molar-refractivity contribution is 1.08. The van der Waals surface area contributed by atoms with E-state index >= 15 is 0 Å². The molecule has 0 saturated heterocycles. The van der Waals surface area contributed by atoms with Gasteiger partial charge in [-0.3, -0.25) is 0 Å². The molecule has 0 heterocycles. The van der Waals surface area contributed by atoms with Gasteiger partial charge < -0.3 is 0 Å². The lowest BCUT2D eigenvalue weighted by Gasteiger charge is -1.95. The lowest BCUT2D eigenvalue weighted by atomic mass is 10.1. The van der Waals surface area contributed by atoms with Crippen molar-refractivity contribution in [1.82, 2.24) is 0 Å². The van der Waals surface area contributed by atoms with Crippen LogP contribution < -0.4 is 0 Å². The molecule has 8 heavy (non-hydrogen) atoms. The van der Waals surface area contributed by atoms with E-state index in [4.69, 9.17) is 0 Å². The SMILES string of the molecule is C/C=C(/CC)[C]1CC1. The Morgan fingerprint density at radius 3 is 2.38 bits per heavy atom. The smallest absolute Gasteiger partial charge is 0.000589 e. The van der Waals surface area contributed by atoms with Crippen LogP contribution in [0.1, 0.15) is 33.1 Å². The highest BCUT2D eigenvalue weighted by Crippen LogP contribution is 2.40. The molecule has 45 valence electrons. The van der Waals surface area contributed by atoms with Crippen molar-refractivity contribution in [3.63, 3.8) is 0 Å². The summed E-state index contributed by atoms with van der Waals surface area (Å²) in [4.78, 5) is 0. The molecule has 0 aromatic heterocycles. The quantitative estimate of drug-likeness (QED) is 0.511. The molecular weight excluding hydrogens is 96.1 g/mol. The van der Waals surface area contributed by atoms with Gasteiger partial charge in [-0.2, -0.15) is 0 Å². The van der Waals surface area contributed by atoms with Gasteiger partial charge in [0.25, 0.3) is 0 Å². The van der Waals surface area contributed by atoms with Crippen LogP contribution in [-0.2, 0) is 0 Å². The molecule has 1 fully saturated rings. The average Bonchev–Trinajstić information content (AvgIpc) is 2.53. The molecule has 0 aromatic rings. The van der Waals surface area contributed by atoms with Gasteiger partial charge in [0.15, 0.2) is 0 Å². The normalized spacial score (nSPS) is 21.5. The third-order valence-electron chi connectivity index (χ3n) is 1.68. The topological polar surface area (TPSA) is 0 Å². The Labute approximate surface area is 51.6 Å². The van der Waals surface area contributed by atoms with Crippen molar-refractivity contribution < 1.29 is 0 Å². The first kappa shape index (κ1) is 5.87. The molecule has 1 saturated carbocycles. The molecule has 1 aliphatic rings. The summed E-state index contributed by atoms with van der Waals surface area (Å²) in [5.41, 5.74) is 1.59. The molecule has 0 nitrogen and oxygen atoms in total. The second kappa shape index (κ2) is 2.34. The van der Waals surface area contributed by atoms with Crippen LogP contribution in [0.25, 0.3) is 0 Å². The number of allylic oxidation sites excluding steroid dienone is 2. The molecule has 1 aliphatic carbocycles. The van der Waals surface area contributed by atoms with Crippen molar-refractivity contribution in [2.24, 2.45) is 0 Å². The summed E-state index contributed by atoms with van der Waals surface area (Å²) in [5.74, 6) is 1.69. The van der Waals surface area contributed by atoms with Crippen molar-refractivity contribution in [2.75, 3.05) is 0 Å². The zero-order valence-electron chi connectivity index (χ0n) is 5.70. The summed E-state index contributed by atoms with van der Waals surface area (Å²) < 4.78 is 0. The second-order valence-corrected chi connectivity index (χ2v) is 2.27. The van der Waals surface area contributed by atoms with Gasteiger partial charge in [0.1, 0.15) is 0 Å². The van der Waals surface area contributed by atoms with Gasteiger partial charge in [0.05, 0.1) is 0 Å². The lowest BCUT2D eigenvalue weighted by Crippen LogP contribution is -1.77. The minimum Gasteiger partial charge on any atom is -0.0879 e. The van der Waals surface area contributed by atoms with Gasteiger partial charge >= 0.3 is 0 Å². The summed E-state index contributed by atoms with van der Waals surface area (Å²) in [5, 5.41) is 0. The summed E-state index contributed by atoms with van der Waals surface area (Å²) in [6.07, 6.45) is 6.20. The largest absolute Gasteiger partial charge is 0.0879 e. The van der Waals surface area contributed by atoms with E-state index in [-0.39, 0.29) is 0 Å². The Morgan fingerprint density at radius 1 is 1.62 bits per heavy atom. The van der Waals surface area contributed by atoms with E-state index < -0.39 is 0 Å². The van der Waals surface area contributed by atoms with Gasteiger partial charge in [-0.1, -0.05) is 18.6 Å². The highest BCUT2D eigenvalue weighted by molar-refractivity contribution is 5.31. The predicted octanol–water partition coefficient (Wildman–Crippen LogP) is 2.71. The van der Waals surface area contributed by atoms with Crippen LogP contribution in [-0.4, -0.2) is 0 Å². The first-order valence-electron chi connectivity index (χ1n) is 3.38. The molecular formula is C8H13. The van der Waals surface area contributed by atoms with Crippen molar-refractivity contribution in [1.29, 1.82) is 0 Å². The van der Waals surface area contributed by atoms with Gasteiger partial charge in [-0.15, -0.1) is 0 Å². The average molecular weight is 109 g/mol. The van der Waals surface area contributed by atoms with Crippen molar-refractivity contribution in [3.8, 4) is 0 Å². The molecule has 1 rings (SSSR count). The molecule has 0 amide bonds. The maximum Gasteiger partial charge on any atom is 0.000589 e. The fourth-order valence-electron chi connectivity index (χ4n) is 1.04. The Kier molecular flexibility index (Phi) is 1.72. The van der Waals surface area contributed by atoms with Crippen LogP contribution in [0.4, 0.5) is 0 Å². The summed E-state index contributed by atoms with van der Waals surface area (Å²) in [7, 11) is 0. The highest BCUT2D eigenvalue weighted by Gasteiger charge is 2.24. The zero-order chi connectivity index (χ0) is 5.98. The van der Waals surface area contributed by atoms with E-state index in [0.29, 0.717) is 0 Å². The van der Waals surface area contributed by atoms with Crippen molar-refractivity contribution >= 4 is 0 Å². The van der Waals surface area contributed by atoms with Gasteiger partial charge in [0, 0.05) is 5.92 Å². The van der Waals surface area contributed by atoms with Crippen LogP contribution in [0.3, 0.4) is 0 Å². The van der Waals surface area contributed by atoms with Gasteiger partial charge in [-0.05, 0) is 26.2 Å². The van der Waals surface area contributed by atoms with E-state index in [1.807, 2.05) is 0 Å². The fourth-order valence-corrected chi connectivity index (χ4v) is 1.04. The van der Waals surface area contributed by atoms with Gasteiger partial charge in [0.2, 0.25) is 0 Å². The second-order valence-electron chi connectivity index (χ2n) is 2.27. The number of hydrogen-bond donors (Lipinski definition) is 0. The summed E-state index contributed by atoms with van der Waals surface area (Å²) >= 11 is 0. The van der Waals surface area contributed by atoms with Crippen molar-refractivity contribution in [3.05, 3.63) is 17.6 Å². The summed E-state index contributed by atoms with van der Waals surface area (Å²) in [6, 6.07) is 0. The van der Waals surface area contributed by atoms with E-state index in [9.17, 15) is 0 Å². The van der Waals surface area contributed by atoms with Crippen LogP contribution in [0.15, 0.2) is 11.6 Å². The maximum atomic E-state index is 2.24. The van der Waals surface area contributed by atoms with E-state index in [1.54, 1.807) is 11.5 Å². The molecule has 0 bridgehead atoms. The first-order valence-corrected chi connectivity index (χ1v) is 3.38. The minimum atomic E-state index is 1.23. The van der Waals surface area contributed by atoms with E-state index in [1.165, 1.54) is 19.3 Å². The Bertz CT molecular complexity index is 96.6. The molecule has 0 N–H and O–H groups in total.